The molecule has 0 bridgehead atoms. The van der Waals surface area contributed by atoms with Gasteiger partial charge in [-0.25, -0.2) is 0 Å². The molecule has 1 saturated carbocycles. The van der Waals surface area contributed by atoms with Crippen LogP contribution in [0.3, 0.4) is 0 Å². The summed E-state index contributed by atoms with van der Waals surface area (Å²) >= 11 is 6.25. The van der Waals surface area contributed by atoms with Crippen molar-refractivity contribution in [1.29, 1.82) is 5.26 Å². The van der Waals surface area contributed by atoms with Crippen molar-refractivity contribution in [1.82, 2.24) is 15.5 Å². The van der Waals surface area contributed by atoms with Crippen LogP contribution in [0.25, 0.3) is 11.3 Å². The largest absolute Gasteiger partial charge is 0.336 e. The van der Waals surface area contributed by atoms with Crippen molar-refractivity contribution in [2.24, 2.45) is 5.92 Å². The molecule has 1 fully saturated rings. The summed E-state index contributed by atoms with van der Waals surface area (Å²) in [6.45, 7) is 1.90. The van der Waals surface area contributed by atoms with E-state index in [0.29, 0.717) is 10.6 Å². The van der Waals surface area contributed by atoms with Gasteiger partial charge in [-0.05, 0) is 43.9 Å². The van der Waals surface area contributed by atoms with Gasteiger partial charge in [0.25, 0.3) is 5.91 Å². The summed E-state index contributed by atoms with van der Waals surface area (Å²) < 4.78 is 0. The smallest absolute Gasteiger partial charge is 0.253 e. The number of nitrogens with one attached hydrogen (secondary N) is 2. The third-order valence-corrected chi connectivity index (χ3v) is 5.35. The number of nitriles is 1. The van der Waals surface area contributed by atoms with Gasteiger partial charge in [-0.15, -0.1) is 0 Å². The molecule has 1 aliphatic carbocycles. The maximum Gasteiger partial charge on any atom is 0.253 e. The van der Waals surface area contributed by atoms with Gasteiger partial charge in [0.15, 0.2) is 0 Å². The minimum Gasteiger partial charge on any atom is -0.336 e. The quantitative estimate of drug-likeness (QED) is 0.769. The van der Waals surface area contributed by atoms with Crippen LogP contribution >= 0.6 is 11.6 Å². The first-order chi connectivity index (χ1) is 12.6. The normalized spacial score (nSPS) is 16.5. The van der Waals surface area contributed by atoms with Gasteiger partial charge in [0.1, 0.15) is 6.04 Å². The predicted molar refractivity (Wildman–Crippen MR) is 102 cm³/mol. The van der Waals surface area contributed by atoms with Crippen LogP contribution in [0.15, 0.2) is 24.3 Å². The van der Waals surface area contributed by atoms with Crippen LogP contribution in [0.4, 0.5) is 0 Å². The lowest BCUT2D eigenvalue weighted by Crippen LogP contribution is -2.39. The molecule has 1 amide bonds. The minimum atomic E-state index is -0.477. The molecule has 2 N–H and O–H groups in total. The van der Waals surface area contributed by atoms with Crippen LogP contribution in [0.1, 0.15) is 54.6 Å². The highest BCUT2D eigenvalue weighted by atomic mass is 35.5. The van der Waals surface area contributed by atoms with Crippen molar-refractivity contribution in [3.63, 3.8) is 0 Å². The number of aromatic nitrogens is 2. The summed E-state index contributed by atoms with van der Waals surface area (Å²) in [6, 6.07) is 9.00. The first kappa shape index (κ1) is 18.5. The zero-order valence-electron chi connectivity index (χ0n) is 14.9. The fraction of sp³-hybridized carbons (Fsp3) is 0.450. The molecule has 1 aromatic heterocycles. The van der Waals surface area contributed by atoms with Gasteiger partial charge < -0.3 is 5.32 Å². The van der Waals surface area contributed by atoms with E-state index in [0.717, 1.165) is 42.6 Å². The van der Waals surface area contributed by atoms with Crippen LogP contribution in [-0.2, 0) is 0 Å². The van der Waals surface area contributed by atoms with E-state index in [2.05, 4.69) is 21.6 Å². The second-order valence-electron chi connectivity index (χ2n) is 6.95. The molecule has 6 heteroatoms. The average Bonchev–Trinajstić information content (AvgIpc) is 2.90. The van der Waals surface area contributed by atoms with Crippen LogP contribution in [0.5, 0.6) is 0 Å². The van der Waals surface area contributed by atoms with Gasteiger partial charge >= 0.3 is 0 Å². The van der Waals surface area contributed by atoms with Crippen LogP contribution < -0.4 is 5.32 Å². The Hall–Kier alpha value is -2.32. The molecule has 3 rings (SSSR count). The molecule has 1 aromatic carbocycles. The molecule has 0 spiro atoms. The summed E-state index contributed by atoms with van der Waals surface area (Å²) in [7, 11) is 0. The first-order valence-corrected chi connectivity index (χ1v) is 9.48. The topological polar surface area (TPSA) is 81.6 Å². The second-order valence-corrected chi connectivity index (χ2v) is 7.36. The second kappa shape index (κ2) is 8.37. The summed E-state index contributed by atoms with van der Waals surface area (Å²) in [4.78, 5) is 12.8. The number of amides is 1. The zero-order valence-corrected chi connectivity index (χ0v) is 15.6. The van der Waals surface area contributed by atoms with E-state index in [1.165, 1.54) is 12.8 Å². The van der Waals surface area contributed by atoms with E-state index < -0.39 is 6.04 Å². The molecule has 1 heterocycles. The van der Waals surface area contributed by atoms with Crippen LogP contribution in [0.2, 0.25) is 5.02 Å². The number of aromatic amines is 1. The summed E-state index contributed by atoms with van der Waals surface area (Å²) in [5, 5.41) is 19.9. The van der Waals surface area contributed by atoms with Crippen molar-refractivity contribution in [3.8, 4) is 17.3 Å². The Bertz CT molecular complexity index is 815. The molecule has 0 radical (unpaired) electrons. The molecule has 136 valence electrons. The number of carbonyl (C=O) groups excluding carboxylic acids is 1. The van der Waals surface area contributed by atoms with Crippen molar-refractivity contribution in [2.75, 3.05) is 0 Å². The fourth-order valence-corrected chi connectivity index (χ4v) is 3.76. The number of halogens is 1. The van der Waals surface area contributed by atoms with E-state index >= 15 is 0 Å². The standard InChI is InChI=1S/C20H23ClN4O/c1-13-10-18(25-24-13)15-8-9-17(21)16(11-15)20(26)23-19(12-22)14-6-4-2-3-5-7-14/h8-11,14,19H,2-7H2,1H3,(H,23,26)(H,24,25). The van der Waals surface area contributed by atoms with E-state index in [1.807, 2.05) is 19.1 Å². The Kier molecular flexibility index (Phi) is 5.95. The lowest BCUT2D eigenvalue weighted by atomic mass is 9.92. The highest BCUT2D eigenvalue weighted by molar-refractivity contribution is 6.34. The Balaban J connectivity index is 1.79. The highest BCUT2D eigenvalue weighted by Crippen LogP contribution is 2.27. The van der Waals surface area contributed by atoms with E-state index in [-0.39, 0.29) is 11.8 Å². The van der Waals surface area contributed by atoms with Gasteiger partial charge in [0, 0.05) is 5.56 Å². The molecular formula is C20H23ClN4O. The van der Waals surface area contributed by atoms with Gasteiger partial charge in [-0.3, -0.25) is 9.89 Å². The Morgan fingerprint density at radius 1 is 1.31 bits per heavy atom. The van der Waals surface area contributed by atoms with Crippen molar-refractivity contribution < 1.29 is 4.79 Å². The Morgan fingerprint density at radius 3 is 2.65 bits per heavy atom. The average molecular weight is 371 g/mol. The van der Waals surface area contributed by atoms with Crippen molar-refractivity contribution in [3.05, 3.63) is 40.5 Å². The number of nitrogens with zero attached hydrogens (tertiary/aromatic N) is 2. The predicted octanol–water partition coefficient (Wildman–Crippen LogP) is 4.63. The molecule has 2 aromatic rings. The van der Waals surface area contributed by atoms with Gasteiger partial charge in [-0.1, -0.05) is 43.4 Å². The number of benzene rings is 1. The SMILES string of the molecule is Cc1cc(-c2ccc(Cl)c(C(=O)NC(C#N)C3CCCCCC3)c2)[nH]n1. The Morgan fingerprint density at radius 2 is 2.04 bits per heavy atom. The molecule has 5 nitrogen and oxygen atoms in total. The maximum absolute atomic E-state index is 12.8. The third kappa shape index (κ3) is 4.25. The number of hydrogen-bond donors (Lipinski definition) is 2. The molecule has 0 saturated heterocycles. The Labute approximate surface area is 158 Å². The van der Waals surface area contributed by atoms with Gasteiger partial charge in [-0.2, -0.15) is 10.4 Å². The summed E-state index contributed by atoms with van der Waals surface area (Å²) in [5.41, 5.74) is 2.92. The van der Waals surface area contributed by atoms with Gasteiger partial charge in [0.2, 0.25) is 0 Å². The first-order valence-electron chi connectivity index (χ1n) is 9.11. The number of rotatable bonds is 4. The molecule has 1 aliphatic rings. The van der Waals surface area contributed by atoms with Crippen LogP contribution in [-0.4, -0.2) is 22.1 Å². The number of aryl methyl sites for hydroxylation is 1. The minimum absolute atomic E-state index is 0.212. The van der Waals surface area contributed by atoms with Crippen molar-refractivity contribution in [2.45, 2.75) is 51.5 Å². The molecular weight excluding hydrogens is 348 g/mol. The fourth-order valence-electron chi connectivity index (χ4n) is 3.56. The van der Waals surface area contributed by atoms with E-state index in [9.17, 15) is 10.1 Å². The van der Waals surface area contributed by atoms with Crippen LogP contribution in [0, 0.1) is 24.2 Å². The maximum atomic E-state index is 12.8. The molecule has 0 aliphatic heterocycles. The van der Waals surface area contributed by atoms with Gasteiger partial charge in [0.05, 0.1) is 28.0 Å². The number of carbonyl (C=O) groups is 1. The third-order valence-electron chi connectivity index (χ3n) is 5.02. The molecule has 1 unspecified atom stereocenters. The molecule has 1 atom stereocenters. The highest BCUT2D eigenvalue weighted by Gasteiger charge is 2.25. The zero-order chi connectivity index (χ0) is 18.5. The summed E-state index contributed by atoms with van der Waals surface area (Å²) in [6.07, 6.45) is 6.63. The van der Waals surface area contributed by atoms with Crippen molar-refractivity contribution >= 4 is 17.5 Å². The lowest BCUT2D eigenvalue weighted by molar-refractivity contribution is 0.0932. The number of hydrogen-bond acceptors (Lipinski definition) is 3. The summed E-state index contributed by atoms with van der Waals surface area (Å²) in [5.74, 6) is -0.0902. The van der Waals surface area contributed by atoms with E-state index in [1.54, 1.807) is 12.1 Å². The van der Waals surface area contributed by atoms with E-state index in [4.69, 9.17) is 11.6 Å². The lowest BCUT2D eigenvalue weighted by Gasteiger charge is -2.21. The number of H-pyrrole nitrogens is 1. The monoisotopic (exact) mass is 370 g/mol. The molecule has 26 heavy (non-hydrogen) atoms.